The summed E-state index contributed by atoms with van der Waals surface area (Å²) in [7, 11) is 0. The molecule has 1 heterocycles. The van der Waals surface area contributed by atoms with Gasteiger partial charge in [-0.05, 0) is 50.0 Å². The maximum Gasteiger partial charge on any atom is 0.433 e. The number of aromatic nitrogens is 2. The SMILES string of the molecule is C[C@@H](NC(=O)CSc1nccc(C(F)(F)F)n1)[C@@H]1C[C@H]2CC[C@H]1C2. The van der Waals surface area contributed by atoms with Crippen LogP contribution in [0.5, 0.6) is 0 Å². The van der Waals surface area contributed by atoms with Crippen LogP contribution >= 0.6 is 11.8 Å². The topological polar surface area (TPSA) is 54.9 Å². The van der Waals surface area contributed by atoms with Gasteiger partial charge in [0.15, 0.2) is 5.16 Å². The molecule has 132 valence electrons. The fraction of sp³-hybridized carbons (Fsp3) is 0.688. The average Bonchev–Trinajstić information content (AvgIpc) is 3.15. The summed E-state index contributed by atoms with van der Waals surface area (Å²) < 4.78 is 37.8. The summed E-state index contributed by atoms with van der Waals surface area (Å²) >= 11 is 0.924. The minimum absolute atomic E-state index is 0.0203. The lowest BCUT2D eigenvalue weighted by Gasteiger charge is -2.28. The van der Waals surface area contributed by atoms with Crippen molar-refractivity contribution >= 4 is 17.7 Å². The molecule has 0 unspecified atom stereocenters. The second-order valence-corrected chi connectivity index (χ2v) is 7.65. The average molecular weight is 359 g/mol. The third-order valence-corrected chi connectivity index (χ3v) is 5.94. The number of thioether (sulfide) groups is 1. The van der Waals surface area contributed by atoms with E-state index in [1.165, 1.54) is 25.7 Å². The van der Waals surface area contributed by atoms with Gasteiger partial charge >= 0.3 is 6.18 Å². The summed E-state index contributed by atoms with van der Waals surface area (Å²) in [5.41, 5.74) is -0.990. The van der Waals surface area contributed by atoms with E-state index in [4.69, 9.17) is 0 Å². The maximum absolute atomic E-state index is 12.6. The number of rotatable bonds is 5. The summed E-state index contributed by atoms with van der Waals surface area (Å²) in [6.07, 6.45) is 1.57. The Morgan fingerprint density at radius 3 is 2.83 bits per heavy atom. The number of hydrogen-bond acceptors (Lipinski definition) is 4. The molecular weight excluding hydrogens is 339 g/mol. The largest absolute Gasteiger partial charge is 0.433 e. The van der Waals surface area contributed by atoms with Crippen LogP contribution in [0.2, 0.25) is 0 Å². The monoisotopic (exact) mass is 359 g/mol. The van der Waals surface area contributed by atoms with Gasteiger partial charge in [0.25, 0.3) is 0 Å². The van der Waals surface area contributed by atoms with Gasteiger partial charge in [0.2, 0.25) is 5.91 Å². The second-order valence-electron chi connectivity index (χ2n) is 6.71. The predicted molar refractivity (Wildman–Crippen MR) is 84.3 cm³/mol. The van der Waals surface area contributed by atoms with Gasteiger partial charge in [-0.25, -0.2) is 9.97 Å². The lowest BCUT2D eigenvalue weighted by Crippen LogP contribution is -2.40. The van der Waals surface area contributed by atoms with E-state index in [1.54, 1.807) is 0 Å². The summed E-state index contributed by atoms with van der Waals surface area (Å²) in [4.78, 5) is 19.3. The fourth-order valence-corrected chi connectivity index (χ4v) is 4.65. The maximum atomic E-state index is 12.6. The summed E-state index contributed by atoms with van der Waals surface area (Å²) in [6.45, 7) is 2.02. The van der Waals surface area contributed by atoms with Crippen molar-refractivity contribution in [1.29, 1.82) is 0 Å². The smallest absolute Gasteiger partial charge is 0.353 e. The summed E-state index contributed by atoms with van der Waals surface area (Å²) in [5, 5.41) is 2.95. The van der Waals surface area contributed by atoms with Crippen molar-refractivity contribution in [3.63, 3.8) is 0 Å². The Balaban J connectivity index is 1.49. The molecule has 2 saturated carbocycles. The zero-order chi connectivity index (χ0) is 17.3. The zero-order valence-corrected chi connectivity index (χ0v) is 14.2. The van der Waals surface area contributed by atoms with E-state index < -0.39 is 11.9 Å². The molecule has 1 aromatic heterocycles. The van der Waals surface area contributed by atoms with E-state index in [2.05, 4.69) is 15.3 Å². The van der Waals surface area contributed by atoms with Crippen molar-refractivity contribution in [2.24, 2.45) is 17.8 Å². The first kappa shape index (κ1) is 17.5. The molecule has 1 aromatic rings. The molecule has 4 atom stereocenters. The number of alkyl halides is 3. The number of nitrogens with one attached hydrogen (secondary N) is 1. The van der Waals surface area contributed by atoms with Crippen molar-refractivity contribution in [2.75, 3.05) is 5.75 Å². The normalized spacial score (nSPS) is 27.2. The highest BCUT2D eigenvalue weighted by molar-refractivity contribution is 7.99. The number of carbonyl (C=O) groups excluding carboxylic acids is 1. The van der Waals surface area contributed by atoms with Crippen LogP contribution in [0.15, 0.2) is 17.4 Å². The van der Waals surface area contributed by atoms with Crippen LogP contribution in [0.1, 0.15) is 38.3 Å². The Morgan fingerprint density at radius 1 is 1.42 bits per heavy atom. The third-order valence-electron chi connectivity index (χ3n) is 5.08. The van der Waals surface area contributed by atoms with Gasteiger partial charge in [0, 0.05) is 12.2 Å². The van der Waals surface area contributed by atoms with Gasteiger partial charge < -0.3 is 5.32 Å². The molecule has 0 saturated heterocycles. The van der Waals surface area contributed by atoms with Crippen molar-refractivity contribution in [3.8, 4) is 0 Å². The molecule has 1 N–H and O–H groups in total. The summed E-state index contributed by atoms with van der Waals surface area (Å²) in [6, 6.07) is 0.928. The molecule has 4 nitrogen and oxygen atoms in total. The van der Waals surface area contributed by atoms with E-state index in [9.17, 15) is 18.0 Å². The van der Waals surface area contributed by atoms with Gasteiger partial charge in [-0.1, -0.05) is 18.2 Å². The van der Waals surface area contributed by atoms with Crippen LogP contribution in [0.25, 0.3) is 0 Å². The molecule has 2 bridgehead atoms. The molecule has 8 heteroatoms. The molecule has 0 aliphatic heterocycles. The lowest BCUT2D eigenvalue weighted by atomic mass is 9.84. The van der Waals surface area contributed by atoms with Crippen molar-refractivity contribution in [1.82, 2.24) is 15.3 Å². The molecule has 0 aromatic carbocycles. The fourth-order valence-electron chi connectivity index (χ4n) is 4.01. The number of nitrogens with zero attached hydrogens (tertiary/aromatic N) is 2. The van der Waals surface area contributed by atoms with Crippen LogP contribution in [0.4, 0.5) is 13.2 Å². The van der Waals surface area contributed by atoms with E-state index in [1.807, 2.05) is 6.92 Å². The lowest BCUT2D eigenvalue weighted by molar-refractivity contribution is -0.141. The van der Waals surface area contributed by atoms with Crippen molar-refractivity contribution < 1.29 is 18.0 Å². The molecule has 2 aliphatic carbocycles. The molecule has 1 amide bonds. The number of amides is 1. The molecule has 0 radical (unpaired) electrons. The van der Waals surface area contributed by atoms with Gasteiger partial charge in [0.05, 0.1) is 5.75 Å². The van der Waals surface area contributed by atoms with E-state index >= 15 is 0 Å². The predicted octanol–water partition coefficient (Wildman–Crippen LogP) is 3.53. The highest BCUT2D eigenvalue weighted by atomic mass is 32.2. The number of carbonyl (C=O) groups is 1. The van der Waals surface area contributed by atoms with Crippen molar-refractivity contribution in [3.05, 3.63) is 18.0 Å². The van der Waals surface area contributed by atoms with Gasteiger partial charge in [-0.3, -0.25) is 4.79 Å². The van der Waals surface area contributed by atoms with Crippen LogP contribution < -0.4 is 5.32 Å². The minimum atomic E-state index is -4.50. The van der Waals surface area contributed by atoms with Gasteiger partial charge in [0.1, 0.15) is 5.69 Å². The zero-order valence-electron chi connectivity index (χ0n) is 13.3. The Labute approximate surface area is 143 Å². The number of hydrogen-bond donors (Lipinski definition) is 1. The first-order valence-corrected chi connectivity index (χ1v) is 9.14. The van der Waals surface area contributed by atoms with Crippen LogP contribution in [-0.2, 0) is 11.0 Å². The van der Waals surface area contributed by atoms with Gasteiger partial charge in [-0.15, -0.1) is 0 Å². The number of halogens is 3. The van der Waals surface area contributed by atoms with E-state index in [-0.39, 0.29) is 22.9 Å². The Morgan fingerprint density at radius 2 is 2.21 bits per heavy atom. The molecule has 3 rings (SSSR count). The Kier molecular flexibility index (Phi) is 5.03. The van der Waals surface area contributed by atoms with Crippen LogP contribution in [-0.4, -0.2) is 27.7 Å². The van der Waals surface area contributed by atoms with Crippen LogP contribution in [0.3, 0.4) is 0 Å². The molecule has 2 aliphatic rings. The van der Waals surface area contributed by atoms with E-state index in [0.29, 0.717) is 11.8 Å². The number of fused-ring (bicyclic) bond motifs is 2. The quantitative estimate of drug-likeness (QED) is 0.645. The minimum Gasteiger partial charge on any atom is -0.353 e. The van der Waals surface area contributed by atoms with Crippen molar-refractivity contribution in [2.45, 2.75) is 50.0 Å². The molecule has 24 heavy (non-hydrogen) atoms. The summed E-state index contributed by atoms with van der Waals surface area (Å²) in [5.74, 6) is 1.89. The third kappa shape index (κ3) is 4.02. The highest BCUT2D eigenvalue weighted by Gasteiger charge is 2.42. The molecule has 0 spiro atoms. The highest BCUT2D eigenvalue weighted by Crippen LogP contribution is 2.49. The standard InChI is InChI=1S/C16H20F3N3OS/c1-9(12-7-10-2-3-11(12)6-10)21-14(23)8-24-15-20-5-4-13(22-15)16(17,18)19/h4-5,9-12H,2-3,6-8H2,1H3,(H,21,23)/t9-,10+,11+,12+/m1/s1. The first-order chi connectivity index (χ1) is 11.3. The second kappa shape index (κ2) is 6.90. The Hall–Kier alpha value is -1.31. The van der Waals surface area contributed by atoms with Crippen LogP contribution in [0, 0.1) is 17.8 Å². The van der Waals surface area contributed by atoms with E-state index in [0.717, 1.165) is 29.9 Å². The molecular formula is C16H20F3N3OS. The first-order valence-electron chi connectivity index (χ1n) is 8.15. The van der Waals surface area contributed by atoms with Gasteiger partial charge in [-0.2, -0.15) is 13.2 Å². The molecule has 2 fully saturated rings. The Bertz CT molecular complexity index is 610.